The molecule has 3 nitrogen and oxygen atoms in total. The van der Waals surface area contributed by atoms with Gasteiger partial charge in [0.15, 0.2) is 0 Å². The molecular weight excluding hydrogens is 361 g/mol. The van der Waals surface area contributed by atoms with E-state index in [-0.39, 0.29) is 11.0 Å². The normalized spacial score (nSPS) is 11.1. The molecule has 0 spiro atoms. The van der Waals surface area contributed by atoms with Crippen molar-refractivity contribution in [3.8, 4) is 0 Å². The second-order valence-electron chi connectivity index (χ2n) is 3.97. The Kier molecular flexibility index (Phi) is 6.85. The zero-order valence-electron chi connectivity index (χ0n) is 10.6. The van der Waals surface area contributed by atoms with Crippen LogP contribution in [-0.2, 0) is 11.3 Å². The fraction of sp³-hybridized carbons (Fsp3) is 0.462. The molecule has 0 bridgehead atoms. The van der Waals surface area contributed by atoms with Crippen LogP contribution in [0.2, 0.25) is 0 Å². The maximum Gasteiger partial charge on any atom is 0.408 e. The highest BCUT2D eigenvalue weighted by atomic mass is 127. The number of hydrogen-bond acceptors (Lipinski definition) is 3. The Hall–Kier alpha value is -0.430. The van der Waals surface area contributed by atoms with Gasteiger partial charge in [0.2, 0.25) is 0 Å². The van der Waals surface area contributed by atoms with Crippen molar-refractivity contribution in [2.24, 2.45) is 0 Å². The second kappa shape index (κ2) is 7.89. The van der Waals surface area contributed by atoms with E-state index in [1.54, 1.807) is 8.93 Å². The van der Waals surface area contributed by atoms with E-state index in [0.717, 1.165) is 18.4 Å². The lowest BCUT2D eigenvalue weighted by atomic mass is 10.1. The van der Waals surface area contributed by atoms with Crippen molar-refractivity contribution in [3.63, 3.8) is 0 Å². The molecule has 0 unspecified atom stereocenters. The predicted molar refractivity (Wildman–Crippen MR) is 84.7 cm³/mol. The van der Waals surface area contributed by atoms with Gasteiger partial charge in [-0.05, 0) is 39.6 Å². The Bertz CT molecular complexity index is 360. The zero-order valence-corrected chi connectivity index (χ0v) is 13.6. The lowest BCUT2D eigenvalue weighted by molar-refractivity contribution is 0.133. The minimum Gasteiger partial charge on any atom is -0.445 e. The van der Waals surface area contributed by atoms with Crippen LogP contribution in [0.5, 0.6) is 0 Å². The van der Waals surface area contributed by atoms with Crippen molar-refractivity contribution in [3.05, 3.63) is 35.9 Å². The quantitative estimate of drug-likeness (QED) is 0.584. The van der Waals surface area contributed by atoms with Gasteiger partial charge in [-0.1, -0.05) is 53.1 Å². The molecule has 1 rings (SSSR count). The molecule has 0 radical (unpaired) electrons. The third-order valence-electron chi connectivity index (χ3n) is 2.83. The summed E-state index contributed by atoms with van der Waals surface area (Å²) in [5, 5.41) is 2.94. The van der Waals surface area contributed by atoms with E-state index < -0.39 is 0 Å². The van der Waals surface area contributed by atoms with Crippen molar-refractivity contribution in [2.75, 3.05) is 0 Å². The first-order valence-electron chi connectivity index (χ1n) is 5.94. The smallest absolute Gasteiger partial charge is 0.408 e. The van der Waals surface area contributed by atoms with Crippen LogP contribution >= 0.6 is 30.1 Å². The molecule has 5 heteroatoms. The summed E-state index contributed by atoms with van der Waals surface area (Å²) < 4.78 is 5.22. The lowest BCUT2D eigenvalue weighted by Gasteiger charge is -2.29. The van der Waals surface area contributed by atoms with E-state index >= 15 is 0 Å². The monoisotopic (exact) mass is 379 g/mol. The molecule has 0 aliphatic rings. The molecule has 0 aliphatic heterocycles. The number of ether oxygens (including phenoxy) is 1. The average Bonchev–Trinajstić information content (AvgIpc) is 2.44. The Morgan fingerprint density at radius 1 is 1.33 bits per heavy atom. The maximum atomic E-state index is 11.8. The van der Waals surface area contributed by atoms with E-state index in [2.05, 4.69) is 40.4 Å². The van der Waals surface area contributed by atoms with Gasteiger partial charge in [0.25, 0.3) is 0 Å². The Morgan fingerprint density at radius 2 is 1.94 bits per heavy atom. The molecule has 1 aromatic carbocycles. The van der Waals surface area contributed by atoms with Crippen LogP contribution < -0.4 is 5.32 Å². The molecular formula is C13H18INO2S. The number of alkyl carbamates (subject to hydrolysis) is 1. The summed E-state index contributed by atoms with van der Waals surface area (Å²) in [6.07, 6.45) is 1.39. The molecule has 100 valence electrons. The summed E-state index contributed by atoms with van der Waals surface area (Å²) in [6.45, 7) is 4.43. The van der Waals surface area contributed by atoms with Gasteiger partial charge in [0.1, 0.15) is 6.61 Å². The highest BCUT2D eigenvalue weighted by Gasteiger charge is 2.28. The zero-order chi connectivity index (χ0) is 13.4. The largest absolute Gasteiger partial charge is 0.445 e. The van der Waals surface area contributed by atoms with E-state index in [1.165, 1.54) is 0 Å². The van der Waals surface area contributed by atoms with Gasteiger partial charge >= 0.3 is 6.09 Å². The van der Waals surface area contributed by atoms with Gasteiger partial charge in [-0.25, -0.2) is 4.79 Å². The van der Waals surface area contributed by atoms with Crippen molar-refractivity contribution >= 4 is 36.2 Å². The van der Waals surface area contributed by atoms with Crippen LogP contribution in [0.25, 0.3) is 0 Å². The molecule has 18 heavy (non-hydrogen) atoms. The van der Waals surface area contributed by atoms with Gasteiger partial charge in [-0.15, -0.1) is 0 Å². The van der Waals surface area contributed by atoms with E-state index in [1.807, 2.05) is 30.3 Å². The lowest BCUT2D eigenvalue weighted by Crippen LogP contribution is -2.44. The van der Waals surface area contributed by atoms with Crippen LogP contribution in [0.1, 0.15) is 32.3 Å². The Balaban J connectivity index is 2.46. The first-order chi connectivity index (χ1) is 8.65. The van der Waals surface area contributed by atoms with Crippen LogP contribution in [0.15, 0.2) is 30.3 Å². The minimum absolute atomic E-state index is 0.228. The topological polar surface area (TPSA) is 38.3 Å². The molecule has 0 aliphatic carbocycles. The van der Waals surface area contributed by atoms with Crippen molar-refractivity contribution in [1.29, 1.82) is 0 Å². The molecule has 0 saturated carbocycles. The van der Waals surface area contributed by atoms with Gasteiger partial charge in [-0.2, -0.15) is 0 Å². The number of hydrogen-bond donors (Lipinski definition) is 1. The van der Waals surface area contributed by atoms with E-state index in [9.17, 15) is 4.79 Å². The summed E-state index contributed by atoms with van der Waals surface area (Å²) in [6, 6.07) is 9.68. The van der Waals surface area contributed by atoms with Gasteiger partial charge in [-0.3, -0.25) is 0 Å². The summed E-state index contributed by atoms with van der Waals surface area (Å²) in [4.78, 5) is 11.5. The molecule has 1 aromatic rings. The van der Waals surface area contributed by atoms with Crippen molar-refractivity contribution in [1.82, 2.24) is 5.32 Å². The average molecular weight is 379 g/mol. The summed E-state index contributed by atoms with van der Waals surface area (Å²) in [5.74, 6) is 0. The first kappa shape index (κ1) is 15.6. The fourth-order valence-electron chi connectivity index (χ4n) is 1.50. The molecule has 1 amide bonds. The van der Waals surface area contributed by atoms with Gasteiger partial charge in [0.05, 0.1) is 4.87 Å². The highest BCUT2D eigenvalue weighted by molar-refractivity contribution is 14.2. The van der Waals surface area contributed by atoms with Gasteiger partial charge < -0.3 is 10.1 Å². The van der Waals surface area contributed by atoms with Crippen molar-refractivity contribution < 1.29 is 9.53 Å². The van der Waals surface area contributed by atoms with E-state index in [0.29, 0.717) is 6.61 Å². The number of carbonyl (C=O) groups is 1. The summed E-state index contributed by atoms with van der Waals surface area (Å²) in [7, 11) is 1.63. The molecule has 0 fully saturated rings. The number of carbonyl (C=O) groups excluding carboxylic acids is 1. The first-order valence-corrected chi connectivity index (χ1v) is 9.30. The van der Waals surface area contributed by atoms with Crippen molar-refractivity contribution in [2.45, 2.75) is 38.2 Å². The molecule has 0 atom stereocenters. The number of nitrogens with one attached hydrogen (secondary N) is 1. The molecule has 0 aromatic heterocycles. The van der Waals surface area contributed by atoms with Gasteiger partial charge in [0, 0.05) is 0 Å². The molecule has 0 heterocycles. The summed E-state index contributed by atoms with van der Waals surface area (Å²) >= 11 is 2.22. The SMILES string of the molecule is CCC(CC)(NC(=O)OCc1ccccc1)SI. The fourth-order valence-corrected chi connectivity index (χ4v) is 4.04. The standard InChI is InChI=1S/C13H18INO2S/c1-3-13(4-2,18-14)15-12(16)17-10-11-8-6-5-7-9-11/h5-9H,3-4,10H2,1-2H3,(H,15,16). The van der Waals surface area contributed by atoms with E-state index in [4.69, 9.17) is 4.74 Å². The van der Waals surface area contributed by atoms with Crippen LogP contribution in [-0.4, -0.2) is 11.0 Å². The molecule has 0 saturated heterocycles. The van der Waals surface area contributed by atoms with Crippen LogP contribution in [0.3, 0.4) is 0 Å². The number of halogens is 1. The minimum atomic E-state index is -0.355. The summed E-state index contributed by atoms with van der Waals surface area (Å²) in [5.41, 5.74) is 0.994. The maximum absolute atomic E-state index is 11.8. The highest BCUT2D eigenvalue weighted by Crippen LogP contribution is 2.35. The predicted octanol–water partition coefficient (Wildman–Crippen LogP) is 4.51. The number of benzene rings is 1. The second-order valence-corrected chi connectivity index (χ2v) is 6.22. The third kappa shape index (κ3) is 4.68. The Morgan fingerprint density at radius 3 is 2.44 bits per heavy atom. The Labute approximate surface area is 125 Å². The number of amides is 1. The third-order valence-corrected chi connectivity index (χ3v) is 6.34. The number of rotatable bonds is 6. The van der Waals surface area contributed by atoms with Crippen LogP contribution in [0.4, 0.5) is 4.79 Å². The van der Waals surface area contributed by atoms with Crippen LogP contribution in [0, 0.1) is 0 Å². The molecule has 1 N–H and O–H groups in total.